The van der Waals surface area contributed by atoms with Crippen LogP contribution in [0.25, 0.3) is 0 Å². The number of aromatic nitrogens is 3. The highest BCUT2D eigenvalue weighted by molar-refractivity contribution is 7.99. The number of benzene rings is 2. The van der Waals surface area contributed by atoms with Gasteiger partial charge in [-0.3, -0.25) is 19.7 Å². The number of rotatable bonds is 9. The van der Waals surface area contributed by atoms with Crippen LogP contribution in [0, 0.1) is 24.0 Å². The van der Waals surface area contributed by atoms with Crippen molar-refractivity contribution < 1.29 is 14.5 Å². The van der Waals surface area contributed by atoms with Crippen molar-refractivity contribution in [3.05, 3.63) is 69.5 Å². The largest absolute Gasteiger partial charge is 0.325 e. The summed E-state index contributed by atoms with van der Waals surface area (Å²) in [5.41, 5.74) is 2.79. The Labute approximate surface area is 194 Å². The SMILES string of the molecule is CCn1c(CC(=O)Nc2ccccc2C)nnc1SCC(=O)Nc1ccc([N+](=O)[O-])cc1C. The Morgan fingerprint density at radius 1 is 1.03 bits per heavy atom. The molecule has 0 aliphatic heterocycles. The minimum atomic E-state index is -0.481. The molecule has 0 aliphatic carbocycles. The molecule has 10 nitrogen and oxygen atoms in total. The number of thioether (sulfide) groups is 1. The van der Waals surface area contributed by atoms with Crippen LogP contribution in [0.4, 0.5) is 17.1 Å². The van der Waals surface area contributed by atoms with Crippen molar-refractivity contribution in [2.75, 3.05) is 16.4 Å². The Bertz CT molecular complexity index is 1190. The van der Waals surface area contributed by atoms with Crippen LogP contribution in [-0.2, 0) is 22.6 Å². The number of hydrogen-bond acceptors (Lipinski definition) is 7. The average molecular weight is 469 g/mol. The summed E-state index contributed by atoms with van der Waals surface area (Å²) in [5, 5.41) is 25.3. The molecular weight excluding hydrogens is 444 g/mol. The molecule has 1 heterocycles. The number of hydrogen-bond donors (Lipinski definition) is 2. The molecule has 3 aromatic rings. The van der Waals surface area contributed by atoms with E-state index in [9.17, 15) is 19.7 Å². The molecule has 0 radical (unpaired) electrons. The van der Waals surface area contributed by atoms with E-state index < -0.39 is 4.92 Å². The van der Waals surface area contributed by atoms with Gasteiger partial charge in [0.2, 0.25) is 11.8 Å². The first kappa shape index (κ1) is 23.9. The summed E-state index contributed by atoms with van der Waals surface area (Å²) in [4.78, 5) is 35.2. The highest BCUT2D eigenvalue weighted by atomic mass is 32.2. The van der Waals surface area contributed by atoms with Gasteiger partial charge in [0, 0.05) is 30.1 Å². The van der Waals surface area contributed by atoms with Crippen LogP contribution in [0.3, 0.4) is 0 Å². The van der Waals surface area contributed by atoms with Crippen molar-refractivity contribution in [2.45, 2.75) is 38.9 Å². The van der Waals surface area contributed by atoms with Crippen LogP contribution < -0.4 is 10.6 Å². The number of para-hydroxylation sites is 1. The van der Waals surface area contributed by atoms with Crippen LogP contribution in [0.5, 0.6) is 0 Å². The van der Waals surface area contributed by atoms with Crippen LogP contribution in [-0.4, -0.2) is 37.3 Å². The van der Waals surface area contributed by atoms with Crippen LogP contribution >= 0.6 is 11.8 Å². The van der Waals surface area contributed by atoms with E-state index in [0.29, 0.717) is 28.8 Å². The number of nitro benzene ring substituents is 1. The standard InChI is InChI=1S/C22H24N6O4S/c1-4-27-19(12-20(29)23-17-8-6-5-7-14(17)2)25-26-22(27)33-13-21(30)24-18-10-9-16(28(31)32)11-15(18)3/h5-11H,4,12-13H2,1-3H3,(H,23,29)(H,24,30). The number of nitro groups is 1. The van der Waals surface area contributed by atoms with Crippen LogP contribution in [0.15, 0.2) is 47.6 Å². The second kappa shape index (κ2) is 10.7. The highest BCUT2D eigenvalue weighted by Gasteiger charge is 2.17. The molecule has 0 fully saturated rings. The number of carbonyl (C=O) groups excluding carboxylic acids is 2. The van der Waals surface area contributed by atoms with Crippen LogP contribution in [0.1, 0.15) is 23.9 Å². The second-order valence-electron chi connectivity index (χ2n) is 7.28. The van der Waals surface area contributed by atoms with Crippen molar-refractivity contribution in [3.63, 3.8) is 0 Å². The third-order valence-corrected chi connectivity index (χ3v) is 5.84. The van der Waals surface area contributed by atoms with Crippen molar-refractivity contribution in [1.29, 1.82) is 0 Å². The molecule has 0 unspecified atom stereocenters. The molecule has 3 rings (SSSR count). The lowest BCUT2D eigenvalue weighted by molar-refractivity contribution is -0.384. The van der Waals surface area contributed by atoms with E-state index >= 15 is 0 Å². The van der Waals surface area contributed by atoms with Gasteiger partial charge >= 0.3 is 0 Å². The maximum absolute atomic E-state index is 12.5. The maximum atomic E-state index is 12.5. The van der Waals surface area contributed by atoms with Crippen molar-refractivity contribution in [3.8, 4) is 0 Å². The van der Waals surface area contributed by atoms with E-state index in [1.54, 1.807) is 11.5 Å². The van der Waals surface area contributed by atoms with Gasteiger partial charge in [0.1, 0.15) is 5.82 Å². The van der Waals surface area contributed by atoms with Gasteiger partial charge in [-0.2, -0.15) is 0 Å². The number of amides is 2. The quantitative estimate of drug-likeness (QED) is 0.278. The third-order valence-electron chi connectivity index (χ3n) is 4.87. The topological polar surface area (TPSA) is 132 Å². The first-order valence-electron chi connectivity index (χ1n) is 10.2. The first-order valence-corrected chi connectivity index (χ1v) is 11.2. The normalized spacial score (nSPS) is 10.6. The number of nitrogens with one attached hydrogen (secondary N) is 2. The molecule has 2 amide bonds. The van der Waals surface area contributed by atoms with Gasteiger partial charge in [0.25, 0.3) is 5.69 Å². The molecule has 0 saturated carbocycles. The first-order chi connectivity index (χ1) is 15.8. The van der Waals surface area contributed by atoms with Crippen molar-refractivity contribution >= 4 is 40.6 Å². The monoisotopic (exact) mass is 468 g/mol. The van der Waals surface area contributed by atoms with Gasteiger partial charge in [-0.25, -0.2) is 0 Å². The predicted molar refractivity (Wildman–Crippen MR) is 126 cm³/mol. The molecule has 172 valence electrons. The minimum absolute atomic E-state index is 0.0325. The summed E-state index contributed by atoms with van der Waals surface area (Å²) in [5.74, 6) is 0.109. The number of aryl methyl sites for hydroxylation is 2. The Kier molecular flexibility index (Phi) is 7.78. The molecule has 0 spiro atoms. The van der Waals surface area contributed by atoms with Crippen LogP contribution in [0.2, 0.25) is 0 Å². The summed E-state index contributed by atoms with van der Waals surface area (Å²) in [6.45, 7) is 6.07. The zero-order valence-electron chi connectivity index (χ0n) is 18.5. The van der Waals surface area contributed by atoms with E-state index in [1.165, 1.54) is 30.0 Å². The van der Waals surface area contributed by atoms with Gasteiger partial charge in [0.05, 0.1) is 17.1 Å². The fourth-order valence-corrected chi connectivity index (χ4v) is 3.96. The number of nitrogens with zero attached hydrogens (tertiary/aromatic N) is 4. The Balaban J connectivity index is 1.59. The summed E-state index contributed by atoms with van der Waals surface area (Å²) < 4.78 is 1.80. The summed E-state index contributed by atoms with van der Waals surface area (Å²) in [6, 6.07) is 11.8. The third kappa shape index (κ3) is 6.16. The zero-order valence-corrected chi connectivity index (χ0v) is 19.3. The van der Waals surface area contributed by atoms with Gasteiger partial charge in [-0.05, 0) is 44.0 Å². The van der Waals surface area contributed by atoms with Crippen molar-refractivity contribution in [1.82, 2.24) is 14.8 Å². The van der Waals surface area contributed by atoms with E-state index in [2.05, 4.69) is 20.8 Å². The number of carbonyl (C=O) groups is 2. The smallest absolute Gasteiger partial charge is 0.269 e. The van der Waals surface area contributed by atoms with E-state index in [0.717, 1.165) is 11.3 Å². The molecule has 0 atom stereocenters. The van der Waals surface area contributed by atoms with Gasteiger partial charge in [-0.1, -0.05) is 30.0 Å². The number of anilines is 2. The second-order valence-corrected chi connectivity index (χ2v) is 8.22. The van der Waals surface area contributed by atoms with Gasteiger partial charge in [-0.15, -0.1) is 10.2 Å². The molecule has 2 N–H and O–H groups in total. The zero-order chi connectivity index (χ0) is 24.0. The Morgan fingerprint density at radius 3 is 2.39 bits per heavy atom. The average Bonchev–Trinajstić information content (AvgIpc) is 3.16. The molecular formula is C22H24N6O4S. The van der Waals surface area contributed by atoms with E-state index in [1.807, 2.05) is 38.1 Å². The minimum Gasteiger partial charge on any atom is -0.325 e. The summed E-state index contributed by atoms with van der Waals surface area (Å²) in [7, 11) is 0. The fraction of sp³-hybridized carbons (Fsp3) is 0.273. The van der Waals surface area contributed by atoms with Crippen molar-refractivity contribution in [2.24, 2.45) is 0 Å². The predicted octanol–water partition coefficient (Wildman–Crippen LogP) is 3.74. The lowest BCUT2D eigenvalue weighted by atomic mass is 10.2. The van der Waals surface area contributed by atoms with Gasteiger partial charge in [0.15, 0.2) is 5.16 Å². The van der Waals surface area contributed by atoms with E-state index in [-0.39, 0.29) is 29.7 Å². The molecule has 11 heteroatoms. The molecule has 0 saturated heterocycles. The molecule has 1 aromatic heterocycles. The molecule has 33 heavy (non-hydrogen) atoms. The Morgan fingerprint density at radius 2 is 1.73 bits per heavy atom. The summed E-state index contributed by atoms with van der Waals surface area (Å²) in [6.07, 6.45) is 0.0594. The maximum Gasteiger partial charge on any atom is 0.269 e. The summed E-state index contributed by atoms with van der Waals surface area (Å²) >= 11 is 1.20. The number of non-ortho nitro benzene ring substituents is 1. The molecule has 0 bridgehead atoms. The fourth-order valence-electron chi connectivity index (χ4n) is 3.14. The lowest BCUT2D eigenvalue weighted by Gasteiger charge is -2.10. The van der Waals surface area contributed by atoms with E-state index in [4.69, 9.17) is 0 Å². The lowest BCUT2D eigenvalue weighted by Crippen LogP contribution is -2.18. The highest BCUT2D eigenvalue weighted by Crippen LogP contribution is 2.23. The van der Waals surface area contributed by atoms with Gasteiger partial charge < -0.3 is 15.2 Å². The molecule has 2 aromatic carbocycles. The Hall–Kier alpha value is -3.73. The molecule has 0 aliphatic rings.